The Morgan fingerprint density at radius 2 is 1.48 bits per heavy atom. The fourth-order valence-corrected chi connectivity index (χ4v) is 8.22. The second-order valence-corrected chi connectivity index (χ2v) is 15.9. The first-order valence-electron chi connectivity index (χ1n) is 21.5. The van der Waals surface area contributed by atoms with Crippen LogP contribution in [0.3, 0.4) is 0 Å². The van der Waals surface area contributed by atoms with Crippen molar-refractivity contribution in [3.63, 3.8) is 0 Å². The zero-order valence-corrected chi connectivity index (χ0v) is 36.0. The predicted molar refractivity (Wildman–Crippen MR) is 241 cm³/mol. The number of carbonyl (C=O) groups excluding carboxylic acids is 3. The number of nitrogens with two attached hydrogens (primary N) is 1. The standard InChI is InChI=1S/C50H56N4O9/c1-32-26-40-44(28-33(32)2)62-45-30-42(51)34(3)27-41(45)49(40)39-15-14-37(29-46(39)63-58)50(57)53-19-21-60-23-25-61-24-22-59-20-18-52-47(55)16-17-48(56)54-31-38-10-5-4-8-35(38)12-13-36-9-6-7-11-43(36)54/h4-11,14-15,26-30,40,49,58H,2,12-13,16-25,31,51H2,1,3H3,(H,52,55)(H,53,57). The van der Waals surface area contributed by atoms with Gasteiger partial charge in [0.15, 0.2) is 5.75 Å². The minimum atomic E-state index is -0.344. The van der Waals surface area contributed by atoms with E-state index in [0.717, 1.165) is 51.9 Å². The van der Waals surface area contributed by atoms with Crippen molar-refractivity contribution in [3.05, 3.63) is 153 Å². The first-order valence-corrected chi connectivity index (χ1v) is 21.5. The molecule has 2 heterocycles. The highest BCUT2D eigenvalue weighted by Crippen LogP contribution is 2.51. The Morgan fingerprint density at radius 3 is 2.22 bits per heavy atom. The van der Waals surface area contributed by atoms with Crippen molar-refractivity contribution in [3.8, 4) is 11.5 Å². The van der Waals surface area contributed by atoms with Crippen molar-refractivity contribution in [1.82, 2.24) is 10.6 Å². The van der Waals surface area contributed by atoms with E-state index < -0.39 is 0 Å². The van der Waals surface area contributed by atoms with Crippen LogP contribution in [0.25, 0.3) is 0 Å². The number of nitrogen functional groups attached to an aromatic ring is 1. The van der Waals surface area contributed by atoms with E-state index in [2.05, 4.69) is 41.5 Å². The van der Waals surface area contributed by atoms with Gasteiger partial charge in [0.25, 0.3) is 5.91 Å². The van der Waals surface area contributed by atoms with Crippen molar-refractivity contribution in [1.29, 1.82) is 0 Å². The predicted octanol–water partition coefficient (Wildman–Crippen LogP) is 6.98. The van der Waals surface area contributed by atoms with Crippen molar-refractivity contribution in [2.45, 2.75) is 52.0 Å². The fourth-order valence-electron chi connectivity index (χ4n) is 8.22. The largest absolute Gasteiger partial charge is 0.461 e. The van der Waals surface area contributed by atoms with E-state index >= 15 is 0 Å². The van der Waals surface area contributed by atoms with Gasteiger partial charge in [-0.3, -0.25) is 14.4 Å². The Kier molecular flexibility index (Phi) is 15.1. The molecule has 0 fully saturated rings. The summed E-state index contributed by atoms with van der Waals surface area (Å²) in [4.78, 5) is 45.7. The van der Waals surface area contributed by atoms with Gasteiger partial charge >= 0.3 is 0 Å². The molecule has 0 radical (unpaired) electrons. The number of ether oxygens (including phenoxy) is 4. The molecule has 13 heteroatoms. The van der Waals surface area contributed by atoms with E-state index in [-0.39, 0.29) is 61.3 Å². The molecule has 2 aliphatic heterocycles. The summed E-state index contributed by atoms with van der Waals surface area (Å²) in [5, 5.41) is 15.7. The van der Waals surface area contributed by atoms with Gasteiger partial charge in [0.2, 0.25) is 11.8 Å². The molecule has 4 aromatic carbocycles. The second kappa shape index (κ2) is 21.2. The number of carbonyl (C=O) groups is 3. The van der Waals surface area contributed by atoms with Gasteiger partial charge in [-0.1, -0.05) is 61.2 Å². The number of amides is 3. The van der Waals surface area contributed by atoms with Crippen LogP contribution >= 0.6 is 0 Å². The summed E-state index contributed by atoms with van der Waals surface area (Å²) >= 11 is 0. The van der Waals surface area contributed by atoms with Crippen molar-refractivity contribution >= 4 is 29.1 Å². The number of nitrogens with one attached hydrogen (secondary N) is 2. The maximum absolute atomic E-state index is 13.4. The van der Waals surface area contributed by atoms with Crippen LogP contribution in [0, 0.1) is 12.8 Å². The molecule has 13 nitrogen and oxygen atoms in total. The summed E-state index contributed by atoms with van der Waals surface area (Å²) in [6.07, 6.45) is 6.01. The highest BCUT2D eigenvalue weighted by atomic mass is 17.1. The number of fused-ring (bicyclic) bond motifs is 4. The van der Waals surface area contributed by atoms with Gasteiger partial charge in [0.1, 0.15) is 11.5 Å². The third kappa shape index (κ3) is 11.0. The molecule has 1 aliphatic carbocycles. The monoisotopic (exact) mass is 856 g/mol. The molecular formula is C50H56N4O9. The molecule has 0 saturated carbocycles. The van der Waals surface area contributed by atoms with Crippen LogP contribution in [-0.4, -0.2) is 75.7 Å². The van der Waals surface area contributed by atoms with Crippen molar-refractivity contribution in [2.75, 3.05) is 63.4 Å². The Morgan fingerprint density at radius 1 is 0.810 bits per heavy atom. The molecule has 330 valence electrons. The van der Waals surface area contributed by atoms with Crippen molar-refractivity contribution in [2.24, 2.45) is 5.92 Å². The fraction of sp³-hybridized carbons (Fsp3) is 0.340. The third-order valence-corrected chi connectivity index (χ3v) is 11.7. The van der Waals surface area contributed by atoms with E-state index in [1.807, 2.05) is 67.3 Å². The molecule has 3 amide bonds. The highest BCUT2D eigenvalue weighted by Gasteiger charge is 2.39. The normalized spacial score (nSPS) is 16.4. The van der Waals surface area contributed by atoms with Gasteiger partial charge in [-0.15, -0.1) is 0 Å². The van der Waals surface area contributed by atoms with Crippen molar-refractivity contribution < 1.29 is 43.5 Å². The van der Waals surface area contributed by atoms with Gasteiger partial charge in [-0.2, -0.15) is 0 Å². The third-order valence-electron chi connectivity index (χ3n) is 11.7. The van der Waals surface area contributed by atoms with Crippen LogP contribution in [-0.2, 0) is 43.2 Å². The molecule has 0 aromatic heterocycles. The minimum Gasteiger partial charge on any atom is -0.461 e. The number of aryl methyl sites for hydroxylation is 3. The number of nitrogens with zero attached hydrogens (tertiary/aromatic N) is 1. The van der Waals surface area contributed by atoms with Crippen LogP contribution in [0.4, 0.5) is 11.4 Å². The Hall–Kier alpha value is -6.25. The summed E-state index contributed by atoms with van der Waals surface area (Å²) in [6.45, 7) is 11.1. The SMILES string of the molecule is C=C1C=C2Oc3cc(N)c(C)cc3C(c3ccc(C(=O)NCCOCCOCCOCCNC(=O)CCC(=O)N4Cc5ccccc5CCc5ccccc54)cc3OO)C2C=C1C. The molecule has 3 aliphatic rings. The zero-order valence-electron chi connectivity index (χ0n) is 36.0. The first kappa shape index (κ1) is 44.8. The number of rotatable bonds is 18. The quantitative estimate of drug-likeness (QED) is 0.0355. The Balaban J connectivity index is 0.764. The highest BCUT2D eigenvalue weighted by molar-refractivity contribution is 5.96. The lowest BCUT2D eigenvalue weighted by Crippen LogP contribution is -2.34. The van der Waals surface area contributed by atoms with Crippen LogP contribution in [0.1, 0.15) is 69.4 Å². The molecule has 0 saturated heterocycles. The lowest BCUT2D eigenvalue weighted by Gasteiger charge is -2.37. The molecular weight excluding hydrogens is 801 g/mol. The smallest absolute Gasteiger partial charge is 0.251 e. The summed E-state index contributed by atoms with van der Waals surface area (Å²) < 4.78 is 23.1. The summed E-state index contributed by atoms with van der Waals surface area (Å²) in [5.41, 5.74) is 15.9. The molecule has 7 rings (SSSR count). The number of anilines is 2. The summed E-state index contributed by atoms with van der Waals surface area (Å²) in [7, 11) is 0. The van der Waals surface area contributed by atoms with E-state index in [4.69, 9.17) is 29.6 Å². The van der Waals surface area contributed by atoms with E-state index in [1.165, 1.54) is 11.6 Å². The van der Waals surface area contributed by atoms with Gasteiger partial charge in [-0.05, 0) is 90.4 Å². The number of hydrogen-bond donors (Lipinski definition) is 4. The first-order chi connectivity index (χ1) is 30.6. The lowest BCUT2D eigenvalue weighted by atomic mass is 9.73. The topological polar surface area (TPSA) is 171 Å². The van der Waals surface area contributed by atoms with Gasteiger partial charge in [0, 0.05) is 71.9 Å². The molecule has 0 bridgehead atoms. The maximum atomic E-state index is 13.4. The summed E-state index contributed by atoms with van der Waals surface area (Å²) in [6, 6.07) is 25.0. The van der Waals surface area contributed by atoms with Gasteiger partial charge in [-0.25, -0.2) is 5.26 Å². The molecule has 5 N–H and O–H groups in total. The van der Waals surface area contributed by atoms with E-state index in [0.29, 0.717) is 74.4 Å². The molecule has 0 spiro atoms. The van der Waals surface area contributed by atoms with E-state index in [9.17, 15) is 19.6 Å². The van der Waals surface area contributed by atoms with Crippen LogP contribution in [0.5, 0.6) is 11.5 Å². The molecule has 2 unspecified atom stereocenters. The number of hydrogen-bond acceptors (Lipinski definition) is 10. The second-order valence-electron chi connectivity index (χ2n) is 15.9. The Bertz CT molecular complexity index is 2390. The number of para-hydroxylation sites is 1. The lowest BCUT2D eigenvalue weighted by molar-refractivity contribution is -0.138. The maximum Gasteiger partial charge on any atom is 0.251 e. The van der Waals surface area contributed by atoms with Crippen LogP contribution < -0.4 is 30.9 Å². The number of allylic oxidation sites excluding steroid dienone is 4. The average Bonchev–Trinajstić information content (AvgIpc) is 3.28. The van der Waals surface area contributed by atoms with E-state index in [1.54, 1.807) is 12.1 Å². The summed E-state index contributed by atoms with van der Waals surface area (Å²) in [5.74, 6) is 0.392. The Labute approximate surface area is 368 Å². The minimum absolute atomic E-state index is 0.0811. The van der Waals surface area contributed by atoms with Gasteiger partial charge in [0.05, 0.1) is 46.2 Å². The molecule has 4 aromatic rings. The molecule has 63 heavy (non-hydrogen) atoms. The zero-order chi connectivity index (χ0) is 44.3. The average molecular weight is 857 g/mol. The molecule has 2 atom stereocenters. The van der Waals surface area contributed by atoms with Gasteiger partial charge < -0.3 is 45.1 Å². The van der Waals surface area contributed by atoms with Crippen LogP contribution in [0.2, 0.25) is 0 Å². The van der Waals surface area contributed by atoms with Crippen LogP contribution in [0.15, 0.2) is 114 Å². The number of benzene rings is 4.